The highest BCUT2D eigenvalue weighted by Crippen LogP contribution is 2.38. The van der Waals surface area contributed by atoms with Crippen LogP contribution in [0.4, 0.5) is 9.59 Å². The van der Waals surface area contributed by atoms with Crippen molar-refractivity contribution in [2.24, 2.45) is 10.8 Å². The molecule has 54 heavy (non-hydrogen) atoms. The molecule has 2 aliphatic heterocycles. The van der Waals surface area contributed by atoms with E-state index < -0.39 is 33.5 Å². The molecule has 1 unspecified atom stereocenters. The van der Waals surface area contributed by atoms with Crippen LogP contribution in [0.5, 0.6) is 0 Å². The predicted octanol–water partition coefficient (Wildman–Crippen LogP) is 6.44. The lowest BCUT2D eigenvalue weighted by Crippen LogP contribution is -2.45. The van der Waals surface area contributed by atoms with E-state index in [9.17, 15) is 18.0 Å². The van der Waals surface area contributed by atoms with Crippen LogP contribution in [-0.4, -0.2) is 95.0 Å². The number of carbonyl (C=O) groups excluding carboxylic acids is 6. The first-order chi connectivity index (χ1) is 24.6. The minimum atomic E-state index is -3.89. The Morgan fingerprint density at radius 2 is 1.15 bits per heavy atom. The number of hydrogen-bond acceptors (Lipinski definition) is 12. The van der Waals surface area contributed by atoms with Crippen LogP contribution in [0.15, 0.2) is 47.6 Å². The van der Waals surface area contributed by atoms with Crippen molar-refractivity contribution < 1.29 is 50.8 Å². The highest BCUT2D eigenvalue weighted by Gasteiger charge is 2.46. The molecule has 3 heterocycles. The molecule has 2 aliphatic rings. The fourth-order valence-electron chi connectivity index (χ4n) is 6.00. The van der Waals surface area contributed by atoms with Gasteiger partial charge in [-0.3, -0.25) is 8.86 Å². The Hall–Kier alpha value is -4.36. The van der Waals surface area contributed by atoms with Gasteiger partial charge in [-0.05, 0) is 90.3 Å². The summed E-state index contributed by atoms with van der Waals surface area (Å²) < 4.78 is 43.7. The van der Waals surface area contributed by atoms with Crippen LogP contribution in [0, 0.1) is 17.8 Å². The molecule has 0 saturated carbocycles. The summed E-state index contributed by atoms with van der Waals surface area (Å²) in [6, 6.07) is 8.65. The lowest BCUT2D eigenvalue weighted by molar-refractivity contribution is -0.193. The molecule has 2 fully saturated rings. The molecule has 302 valence electrons. The van der Waals surface area contributed by atoms with Gasteiger partial charge in [0.15, 0.2) is 0 Å². The van der Waals surface area contributed by atoms with E-state index in [1.807, 2.05) is 91.1 Å². The van der Waals surface area contributed by atoms with Gasteiger partial charge < -0.3 is 19.3 Å². The molecule has 1 aromatic heterocycles. The summed E-state index contributed by atoms with van der Waals surface area (Å²) in [5.74, 6) is 0. The van der Waals surface area contributed by atoms with E-state index in [1.165, 1.54) is 12.1 Å². The van der Waals surface area contributed by atoms with Gasteiger partial charge in [-0.25, -0.2) is 9.59 Å². The van der Waals surface area contributed by atoms with Crippen molar-refractivity contribution in [2.45, 2.75) is 143 Å². The van der Waals surface area contributed by atoms with Gasteiger partial charge in [0.25, 0.3) is 10.1 Å². The molecular weight excluding hydrogens is 721 g/mol. The van der Waals surface area contributed by atoms with E-state index in [1.54, 1.807) is 23.2 Å². The Morgan fingerprint density at radius 1 is 0.722 bits per heavy atom. The smallest absolute Gasteiger partial charge is 0.410 e. The second-order valence-corrected chi connectivity index (χ2v) is 18.9. The monoisotopic (exact) mass is 778 g/mol. The van der Waals surface area contributed by atoms with Crippen LogP contribution in [0.3, 0.4) is 0 Å². The van der Waals surface area contributed by atoms with Crippen LogP contribution < -0.4 is 0 Å². The van der Waals surface area contributed by atoms with Gasteiger partial charge >= 0.3 is 24.5 Å². The standard InChI is InChI=1S/C20H31NO5S.C16H27N3O2.2CO2/c1-14-8-10-16(11-9-14)27(23,24)26-15-12-17(19(2,3)4)21(13-15)18(22)25-20(5,6)7;1-15(2,3)13-10-12(19-9-7-8-17-19)11-18(13)14(20)21-16(4,5)6;2*2-1-3/h8-11,15,17H,12-13H2,1-7H3;7-9,12-13H,10-11H2,1-6H3;;/t15-,17+;12?,13-;;/m10../s1. The first-order valence-corrected chi connectivity index (χ1v) is 19.0. The number of carbonyl (C=O) groups is 2. The third-order valence-electron chi connectivity index (χ3n) is 8.27. The maximum atomic E-state index is 12.6. The molecule has 0 radical (unpaired) electrons. The van der Waals surface area contributed by atoms with Crippen LogP contribution in [0.2, 0.25) is 0 Å². The van der Waals surface area contributed by atoms with E-state index >= 15 is 0 Å². The van der Waals surface area contributed by atoms with Crippen LogP contribution in [-0.2, 0) is 43.0 Å². The number of amides is 2. The Bertz CT molecular complexity index is 1660. The van der Waals surface area contributed by atoms with Gasteiger partial charge in [0, 0.05) is 31.0 Å². The molecule has 4 atom stereocenters. The quantitative estimate of drug-likeness (QED) is 0.310. The Balaban J connectivity index is 0.000000481. The number of ether oxygens (including phenoxy) is 2. The van der Waals surface area contributed by atoms with Gasteiger partial charge in [0.05, 0.1) is 23.6 Å². The molecule has 2 saturated heterocycles. The van der Waals surface area contributed by atoms with Gasteiger partial charge in [0.2, 0.25) is 0 Å². The molecule has 15 nitrogen and oxygen atoms in total. The van der Waals surface area contributed by atoms with E-state index in [-0.39, 0.29) is 58.8 Å². The van der Waals surface area contributed by atoms with Gasteiger partial charge in [0.1, 0.15) is 11.2 Å². The third kappa shape index (κ3) is 15.5. The summed E-state index contributed by atoms with van der Waals surface area (Å²) >= 11 is 0. The van der Waals surface area contributed by atoms with Crippen LogP contribution in [0.1, 0.15) is 108 Å². The minimum Gasteiger partial charge on any atom is -0.444 e. The molecule has 0 bridgehead atoms. The van der Waals surface area contributed by atoms with Crippen molar-refractivity contribution in [3.63, 3.8) is 0 Å². The second kappa shape index (κ2) is 19.3. The zero-order chi connectivity index (χ0) is 41.9. The number of hydrogen-bond donors (Lipinski definition) is 0. The molecule has 4 rings (SSSR count). The highest BCUT2D eigenvalue weighted by atomic mass is 32.2. The maximum Gasteiger partial charge on any atom is 0.410 e. The summed E-state index contributed by atoms with van der Waals surface area (Å²) in [6.45, 7) is 26.4. The van der Waals surface area contributed by atoms with Crippen molar-refractivity contribution in [3.05, 3.63) is 48.3 Å². The molecule has 2 amide bonds. The summed E-state index contributed by atoms with van der Waals surface area (Å²) in [7, 11) is -3.89. The van der Waals surface area contributed by atoms with Crippen molar-refractivity contribution in [2.75, 3.05) is 13.1 Å². The zero-order valence-corrected chi connectivity index (χ0v) is 34.7. The Kier molecular flexibility index (Phi) is 17.0. The summed E-state index contributed by atoms with van der Waals surface area (Å²) in [5, 5.41) is 4.32. The van der Waals surface area contributed by atoms with Crippen molar-refractivity contribution in [1.82, 2.24) is 19.6 Å². The summed E-state index contributed by atoms with van der Waals surface area (Å²) in [5.41, 5.74) is -0.337. The second-order valence-electron chi connectivity index (χ2n) is 17.3. The molecule has 0 N–H and O–H groups in total. The van der Waals surface area contributed by atoms with Crippen molar-refractivity contribution in [1.29, 1.82) is 0 Å². The number of likely N-dealkylation sites (tertiary alicyclic amines) is 2. The van der Waals surface area contributed by atoms with Gasteiger partial charge in [-0.2, -0.15) is 32.7 Å². The number of aromatic nitrogens is 2. The number of rotatable bonds is 4. The first kappa shape index (κ1) is 47.7. The Labute approximate surface area is 319 Å². The van der Waals surface area contributed by atoms with Crippen LogP contribution >= 0.6 is 0 Å². The topological polar surface area (TPSA) is 189 Å². The number of benzene rings is 1. The van der Waals surface area contributed by atoms with E-state index in [0.717, 1.165) is 12.0 Å². The maximum absolute atomic E-state index is 12.6. The van der Waals surface area contributed by atoms with Gasteiger partial charge in [-0.15, -0.1) is 0 Å². The average Bonchev–Trinajstić information content (AvgIpc) is 3.76. The normalized spacial score (nSPS) is 20.1. The van der Waals surface area contributed by atoms with Gasteiger partial charge in [-0.1, -0.05) is 59.2 Å². The highest BCUT2D eigenvalue weighted by molar-refractivity contribution is 7.86. The van der Waals surface area contributed by atoms with Crippen molar-refractivity contribution >= 4 is 34.6 Å². The first-order valence-electron chi connectivity index (χ1n) is 17.6. The predicted molar refractivity (Wildman–Crippen MR) is 196 cm³/mol. The van der Waals surface area contributed by atoms with Crippen molar-refractivity contribution in [3.8, 4) is 0 Å². The average molecular weight is 779 g/mol. The minimum absolute atomic E-state index is 0.0127. The Morgan fingerprint density at radius 3 is 1.54 bits per heavy atom. The summed E-state index contributed by atoms with van der Waals surface area (Å²) in [6.07, 6.45) is 4.31. The SMILES string of the molecule is CC(C)(C)OC(=O)N1CC(n2cccn2)C[C@H]1C(C)(C)C.Cc1ccc(S(=O)(=O)O[C@@H]2C[C@@H](C(C)(C)C)N(C(=O)OC(C)(C)C)C2)cc1.O=C=O.O=C=O. The molecule has 1 aromatic carbocycles. The zero-order valence-electron chi connectivity index (χ0n) is 33.9. The summed E-state index contributed by atoms with van der Waals surface area (Å²) in [4.78, 5) is 61.2. The third-order valence-corrected chi connectivity index (χ3v) is 9.64. The van der Waals surface area contributed by atoms with E-state index in [0.29, 0.717) is 13.0 Å². The van der Waals surface area contributed by atoms with Crippen LogP contribution in [0.25, 0.3) is 0 Å². The molecule has 16 heteroatoms. The molecule has 0 spiro atoms. The fraction of sp³-hybridized carbons (Fsp3) is 0.658. The van der Waals surface area contributed by atoms with E-state index in [4.69, 9.17) is 32.8 Å². The fourth-order valence-corrected chi connectivity index (χ4v) is 7.07. The molecule has 2 aromatic rings. The number of aryl methyl sites for hydroxylation is 1. The lowest BCUT2D eigenvalue weighted by atomic mass is 9.85. The largest absolute Gasteiger partial charge is 0.444 e. The van der Waals surface area contributed by atoms with E-state index in [2.05, 4.69) is 25.9 Å². The number of nitrogens with zero attached hydrogens (tertiary/aromatic N) is 4. The molecular formula is C38H58N4O11S. The molecule has 0 aliphatic carbocycles. The lowest BCUT2D eigenvalue weighted by Gasteiger charge is -2.35.